The van der Waals surface area contributed by atoms with Crippen molar-refractivity contribution in [2.75, 3.05) is 31.1 Å². The fourth-order valence-electron chi connectivity index (χ4n) is 4.39. The highest BCUT2D eigenvalue weighted by Crippen LogP contribution is 2.25. The van der Waals surface area contributed by atoms with Crippen LogP contribution < -0.4 is 4.90 Å². The molecule has 1 atom stereocenters. The quantitative estimate of drug-likeness (QED) is 0.635. The minimum atomic E-state index is 0.501. The number of para-hydroxylation sites is 1. The zero-order chi connectivity index (χ0) is 18.8. The van der Waals surface area contributed by atoms with E-state index in [-0.39, 0.29) is 0 Å². The van der Waals surface area contributed by atoms with Crippen LogP contribution in [0.1, 0.15) is 32.4 Å². The molecule has 0 amide bonds. The standard InChI is InChI=1S/C24H31N3/c1-19(2)27-13-12-23-21(8-7-11-24(23)27)18-20(3)25-14-16-26(17-15-25)22-9-5-4-6-10-22/h4-13,19-20H,14-18H2,1-3H3. The highest BCUT2D eigenvalue weighted by Gasteiger charge is 2.22. The fraction of sp³-hybridized carbons (Fsp3) is 0.417. The average molecular weight is 362 g/mol. The lowest BCUT2D eigenvalue weighted by atomic mass is 10.0. The van der Waals surface area contributed by atoms with Crippen LogP contribution in [0.2, 0.25) is 0 Å². The first-order valence-corrected chi connectivity index (χ1v) is 10.3. The Morgan fingerprint density at radius 3 is 2.26 bits per heavy atom. The summed E-state index contributed by atoms with van der Waals surface area (Å²) in [6.45, 7) is 11.4. The molecule has 1 unspecified atom stereocenters. The minimum absolute atomic E-state index is 0.501. The summed E-state index contributed by atoms with van der Waals surface area (Å²) in [7, 11) is 0. The molecule has 0 spiro atoms. The minimum Gasteiger partial charge on any atom is -0.369 e. The third-order valence-corrected chi connectivity index (χ3v) is 5.98. The lowest BCUT2D eigenvalue weighted by molar-refractivity contribution is 0.196. The van der Waals surface area contributed by atoms with Gasteiger partial charge in [-0.2, -0.15) is 0 Å². The number of benzene rings is 2. The highest BCUT2D eigenvalue weighted by atomic mass is 15.3. The number of fused-ring (bicyclic) bond motifs is 1. The Balaban J connectivity index is 1.43. The van der Waals surface area contributed by atoms with E-state index in [0.717, 1.165) is 32.6 Å². The molecule has 0 radical (unpaired) electrons. The van der Waals surface area contributed by atoms with E-state index in [9.17, 15) is 0 Å². The van der Waals surface area contributed by atoms with Gasteiger partial charge in [0.05, 0.1) is 0 Å². The number of aromatic nitrogens is 1. The molecule has 27 heavy (non-hydrogen) atoms. The summed E-state index contributed by atoms with van der Waals surface area (Å²) in [5.41, 5.74) is 4.19. The Kier molecular flexibility index (Phi) is 5.22. The third kappa shape index (κ3) is 3.74. The van der Waals surface area contributed by atoms with Gasteiger partial charge < -0.3 is 9.47 Å². The van der Waals surface area contributed by atoms with Crippen LogP contribution in [0.4, 0.5) is 5.69 Å². The normalized spacial score (nSPS) is 17.0. The Bertz CT molecular complexity index is 873. The molecule has 0 N–H and O–H groups in total. The van der Waals surface area contributed by atoms with Crippen molar-refractivity contribution in [1.82, 2.24) is 9.47 Å². The van der Waals surface area contributed by atoms with E-state index in [1.54, 1.807) is 0 Å². The van der Waals surface area contributed by atoms with Crippen LogP contribution >= 0.6 is 0 Å². The summed E-state index contributed by atoms with van der Waals surface area (Å²) >= 11 is 0. The lowest BCUT2D eigenvalue weighted by Crippen LogP contribution is -2.50. The number of nitrogens with zero attached hydrogens (tertiary/aromatic N) is 3. The van der Waals surface area contributed by atoms with Crippen LogP contribution in [0, 0.1) is 0 Å². The zero-order valence-electron chi connectivity index (χ0n) is 16.8. The fourth-order valence-corrected chi connectivity index (χ4v) is 4.39. The van der Waals surface area contributed by atoms with Crippen molar-refractivity contribution < 1.29 is 0 Å². The number of piperazine rings is 1. The van der Waals surface area contributed by atoms with E-state index in [1.165, 1.54) is 22.2 Å². The molecule has 1 aliphatic heterocycles. The first-order valence-electron chi connectivity index (χ1n) is 10.3. The SMILES string of the molecule is CC(Cc1cccc2c1ccn2C(C)C)N1CCN(c2ccccc2)CC1. The van der Waals surface area contributed by atoms with Crippen molar-refractivity contribution in [3.05, 3.63) is 66.4 Å². The van der Waals surface area contributed by atoms with Crippen LogP contribution in [-0.2, 0) is 6.42 Å². The average Bonchev–Trinajstić information content (AvgIpc) is 3.14. The molecule has 1 aromatic heterocycles. The van der Waals surface area contributed by atoms with Crippen molar-refractivity contribution in [2.45, 2.75) is 39.3 Å². The molecular formula is C24H31N3. The van der Waals surface area contributed by atoms with Gasteiger partial charge in [-0.3, -0.25) is 4.90 Å². The van der Waals surface area contributed by atoms with E-state index in [0.29, 0.717) is 12.1 Å². The predicted molar refractivity (Wildman–Crippen MR) is 116 cm³/mol. The van der Waals surface area contributed by atoms with E-state index in [2.05, 4.69) is 95.9 Å². The second-order valence-corrected chi connectivity index (χ2v) is 8.08. The van der Waals surface area contributed by atoms with Crippen molar-refractivity contribution in [3.63, 3.8) is 0 Å². The van der Waals surface area contributed by atoms with Gasteiger partial charge in [0.1, 0.15) is 0 Å². The number of hydrogen-bond donors (Lipinski definition) is 0. The van der Waals surface area contributed by atoms with Gasteiger partial charge in [-0.05, 0) is 57.0 Å². The van der Waals surface area contributed by atoms with E-state index in [4.69, 9.17) is 0 Å². The molecule has 3 aromatic rings. The molecule has 0 bridgehead atoms. The topological polar surface area (TPSA) is 11.4 Å². The van der Waals surface area contributed by atoms with Gasteiger partial charge in [-0.25, -0.2) is 0 Å². The maximum absolute atomic E-state index is 2.65. The molecule has 0 saturated carbocycles. The van der Waals surface area contributed by atoms with Gasteiger partial charge >= 0.3 is 0 Å². The van der Waals surface area contributed by atoms with Gasteiger partial charge in [0.2, 0.25) is 0 Å². The van der Waals surface area contributed by atoms with Gasteiger partial charge in [0.15, 0.2) is 0 Å². The Hall–Kier alpha value is -2.26. The molecule has 0 aliphatic carbocycles. The third-order valence-electron chi connectivity index (χ3n) is 5.98. The van der Waals surface area contributed by atoms with Gasteiger partial charge in [0, 0.05) is 61.0 Å². The molecular weight excluding hydrogens is 330 g/mol. The molecule has 1 saturated heterocycles. The lowest BCUT2D eigenvalue weighted by Gasteiger charge is -2.39. The smallest absolute Gasteiger partial charge is 0.0485 e. The zero-order valence-corrected chi connectivity index (χ0v) is 16.8. The summed E-state index contributed by atoms with van der Waals surface area (Å²) in [5.74, 6) is 0. The molecule has 1 fully saturated rings. The number of rotatable bonds is 5. The molecule has 142 valence electrons. The summed E-state index contributed by atoms with van der Waals surface area (Å²) in [4.78, 5) is 5.16. The predicted octanol–water partition coefficient (Wildman–Crippen LogP) is 4.98. The second-order valence-electron chi connectivity index (χ2n) is 8.08. The first-order chi connectivity index (χ1) is 13.1. The molecule has 3 nitrogen and oxygen atoms in total. The van der Waals surface area contributed by atoms with E-state index in [1.807, 2.05) is 0 Å². The van der Waals surface area contributed by atoms with Crippen LogP contribution in [-0.4, -0.2) is 41.7 Å². The molecule has 1 aliphatic rings. The highest BCUT2D eigenvalue weighted by molar-refractivity contribution is 5.84. The van der Waals surface area contributed by atoms with E-state index < -0.39 is 0 Å². The molecule has 3 heteroatoms. The van der Waals surface area contributed by atoms with Crippen molar-refractivity contribution in [3.8, 4) is 0 Å². The van der Waals surface area contributed by atoms with Crippen molar-refractivity contribution >= 4 is 16.6 Å². The summed E-state index contributed by atoms with van der Waals surface area (Å²) in [5, 5.41) is 1.42. The largest absolute Gasteiger partial charge is 0.369 e. The number of hydrogen-bond acceptors (Lipinski definition) is 2. The van der Waals surface area contributed by atoms with Crippen LogP contribution in [0.3, 0.4) is 0 Å². The molecule has 2 aromatic carbocycles. The maximum atomic E-state index is 2.65. The second kappa shape index (κ2) is 7.77. The Morgan fingerprint density at radius 1 is 0.815 bits per heavy atom. The summed E-state index contributed by atoms with van der Waals surface area (Å²) in [6.07, 6.45) is 3.35. The van der Waals surface area contributed by atoms with E-state index >= 15 is 0 Å². The molecule has 4 rings (SSSR count). The monoisotopic (exact) mass is 361 g/mol. The maximum Gasteiger partial charge on any atom is 0.0485 e. The van der Waals surface area contributed by atoms with Gasteiger partial charge in [-0.15, -0.1) is 0 Å². The summed E-state index contributed by atoms with van der Waals surface area (Å²) in [6, 6.07) is 20.9. The molecule has 2 heterocycles. The van der Waals surface area contributed by atoms with Crippen LogP contribution in [0.5, 0.6) is 0 Å². The van der Waals surface area contributed by atoms with Crippen LogP contribution in [0.25, 0.3) is 10.9 Å². The Morgan fingerprint density at radius 2 is 1.56 bits per heavy atom. The van der Waals surface area contributed by atoms with Gasteiger partial charge in [0.25, 0.3) is 0 Å². The van der Waals surface area contributed by atoms with Crippen molar-refractivity contribution in [2.24, 2.45) is 0 Å². The number of anilines is 1. The van der Waals surface area contributed by atoms with Gasteiger partial charge in [-0.1, -0.05) is 30.3 Å². The summed E-state index contributed by atoms with van der Waals surface area (Å²) < 4.78 is 2.38. The first kappa shape index (κ1) is 18.1. The van der Waals surface area contributed by atoms with Crippen molar-refractivity contribution in [1.29, 1.82) is 0 Å². The van der Waals surface area contributed by atoms with Crippen LogP contribution in [0.15, 0.2) is 60.8 Å². The Labute approximate surface area is 163 Å².